The predicted molar refractivity (Wildman–Crippen MR) is 102 cm³/mol. The molecule has 1 aromatic heterocycles. The maximum absolute atomic E-state index is 14.2. The summed E-state index contributed by atoms with van der Waals surface area (Å²) in [6, 6.07) is 12.2. The third kappa shape index (κ3) is 3.74. The van der Waals surface area contributed by atoms with Crippen LogP contribution in [0.5, 0.6) is 0 Å². The molecule has 0 radical (unpaired) electrons. The van der Waals surface area contributed by atoms with Crippen molar-refractivity contribution < 1.29 is 13.6 Å². The second kappa shape index (κ2) is 7.53. The average molecular weight is 385 g/mol. The molecule has 0 fully saturated rings. The van der Waals surface area contributed by atoms with E-state index in [0.29, 0.717) is 35.3 Å². The summed E-state index contributed by atoms with van der Waals surface area (Å²) in [6.45, 7) is 0.536. The first kappa shape index (κ1) is 17.7. The van der Waals surface area contributed by atoms with Crippen molar-refractivity contribution in [1.29, 1.82) is 0 Å². The summed E-state index contributed by atoms with van der Waals surface area (Å²) in [4.78, 5) is 18.5. The number of amides is 1. The fourth-order valence-corrected chi connectivity index (χ4v) is 3.50. The number of carbonyl (C=O) groups is 1. The highest BCUT2D eigenvalue weighted by Gasteiger charge is 2.25. The van der Waals surface area contributed by atoms with Gasteiger partial charge in [0.05, 0.1) is 11.9 Å². The number of hydrogen-bond donors (Lipinski definition) is 0. The van der Waals surface area contributed by atoms with Crippen LogP contribution in [-0.4, -0.2) is 17.4 Å². The number of rotatable bonds is 4. The van der Waals surface area contributed by atoms with E-state index in [9.17, 15) is 9.18 Å². The molecular weight excluding hydrogens is 367 g/mol. The van der Waals surface area contributed by atoms with Crippen molar-refractivity contribution in [2.75, 3.05) is 11.4 Å². The normalized spacial score (nSPS) is 13.5. The molecule has 0 unspecified atom stereocenters. The van der Waals surface area contributed by atoms with Gasteiger partial charge in [0.25, 0.3) is 0 Å². The molecule has 0 aliphatic carbocycles. The first-order valence-electron chi connectivity index (χ1n) is 8.90. The van der Waals surface area contributed by atoms with Crippen molar-refractivity contribution in [3.8, 4) is 11.3 Å². The number of aryl methyl sites for hydroxylation is 2. The zero-order chi connectivity index (χ0) is 18.8. The van der Waals surface area contributed by atoms with E-state index in [1.807, 2.05) is 18.2 Å². The van der Waals surface area contributed by atoms with Crippen LogP contribution in [0, 0.1) is 5.82 Å². The van der Waals surface area contributed by atoms with Crippen LogP contribution in [0.3, 0.4) is 0 Å². The largest absolute Gasteiger partial charge is 0.441 e. The molecule has 0 atom stereocenters. The molecule has 138 valence electrons. The van der Waals surface area contributed by atoms with Gasteiger partial charge in [0.15, 0.2) is 11.7 Å². The highest BCUT2D eigenvalue weighted by molar-refractivity contribution is 6.30. The molecule has 2 heterocycles. The van der Waals surface area contributed by atoms with Gasteiger partial charge in [0, 0.05) is 30.0 Å². The van der Waals surface area contributed by atoms with Crippen LogP contribution in [0.2, 0.25) is 5.02 Å². The van der Waals surface area contributed by atoms with Gasteiger partial charge >= 0.3 is 0 Å². The number of fused-ring (bicyclic) bond motifs is 1. The first-order chi connectivity index (χ1) is 13.1. The molecule has 0 bridgehead atoms. The van der Waals surface area contributed by atoms with Crippen LogP contribution in [0.15, 0.2) is 53.1 Å². The van der Waals surface area contributed by atoms with Gasteiger partial charge < -0.3 is 9.32 Å². The Morgan fingerprint density at radius 3 is 2.85 bits per heavy atom. The van der Waals surface area contributed by atoms with Gasteiger partial charge in [0.1, 0.15) is 5.82 Å². The Morgan fingerprint density at radius 1 is 1.22 bits per heavy atom. The predicted octanol–water partition coefficient (Wildman–Crippen LogP) is 5.05. The maximum Gasteiger partial charge on any atom is 0.227 e. The zero-order valence-corrected chi connectivity index (χ0v) is 15.4. The Kier molecular flexibility index (Phi) is 4.94. The van der Waals surface area contributed by atoms with Crippen LogP contribution >= 0.6 is 11.6 Å². The van der Waals surface area contributed by atoms with Crippen molar-refractivity contribution >= 4 is 23.2 Å². The van der Waals surface area contributed by atoms with Crippen molar-refractivity contribution in [2.45, 2.75) is 25.7 Å². The van der Waals surface area contributed by atoms with E-state index in [0.717, 1.165) is 24.0 Å². The van der Waals surface area contributed by atoms with Crippen LogP contribution < -0.4 is 4.90 Å². The van der Waals surface area contributed by atoms with E-state index in [-0.39, 0.29) is 18.1 Å². The molecule has 3 aromatic rings. The zero-order valence-electron chi connectivity index (χ0n) is 14.6. The third-order valence-electron chi connectivity index (χ3n) is 4.70. The summed E-state index contributed by atoms with van der Waals surface area (Å²) in [5.74, 6) is 0.650. The lowest BCUT2D eigenvalue weighted by molar-refractivity contribution is -0.118. The summed E-state index contributed by atoms with van der Waals surface area (Å²) in [7, 11) is 0. The highest BCUT2D eigenvalue weighted by Crippen LogP contribution is 2.30. The number of carbonyl (C=O) groups excluding carboxylic acids is 1. The lowest BCUT2D eigenvalue weighted by Gasteiger charge is -2.29. The second-order valence-corrected chi connectivity index (χ2v) is 6.96. The molecule has 0 saturated carbocycles. The summed E-state index contributed by atoms with van der Waals surface area (Å²) >= 11 is 5.89. The second-order valence-electron chi connectivity index (χ2n) is 6.52. The van der Waals surface area contributed by atoms with Gasteiger partial charge in [-0.1, -0.05) is 23.7 Å². The fraction of sp³-hybridized carbons (Fsp3) is 0.238. The molecule has 1 aliphatic heterocycles. The minimum atomic E-state index is -0.346. The number of halogens is 2. The van der Waals surface area contributed by atoms with Crippen LogP contribution in [0.4, 0.5) is 10.1 Å². The number of nitrogens with zero attached hydrogens (tertiary/aromatic N) is 2. The maximum atomic E-state index is 14.2. The molecule has 0 spiro atoms. The average Bonchev–Trinajstić information content (AvgIpc) is 3.15. The summed E-state index contributed by atoms with van der Waals surface area (Å²) < 4.78 is 20.0. The molecule has 6 heteroatoms. The minimum absolute atomic E-state index is 0.118. The Labute approximate surface area is 161 Å². The number of aromatic nitrogens is 1. The van der Waals surface area contributed by atoms with Gasteiger partial charge in [-0.15, -0.1) is 0 Å². The fourth-order valence-electron chi connectivity index (χ4n) is 3.38. The van der Waals surface area contributed by atoms with E-state index in [1.165, 1.54) is 6.07 Å². The Bertz CT molecular complexity index is 969. The monoisotopic (exact) mass is 384 g/mol. The smallest absolute Gasteiger partial charge is 0.227 e. The standard InChI is InChI=1S/C21H18ClFN2O2/c22-16-8-6-14(7-9-16)18-13-24-19(27-18)10-11-20(26)25-12-2-4-15-3-1-5-17(23)21(15)25/h1,3,5-9,13H,2,4,10-12H2. The molecule has 0 saturated heterocycles. The van der Waals surface area contributed by atoms with E-state index >= 15 is 0 Å². The van der Waals surface area contributed by atoms with Crippen molar-refractivity contribution in [3.05, 3.63) is 71.0 Å². The Morgan fingerprint density at radius 2 is 2.04 bits per heavy atom. The van der Waals surface area contributed by atoms with Gasteiger partial charge in [-0.2, -0.15) is 0 Å². The molecule has 4 nitrogen and oxygen atoms in total. The topological polar surface area (TPSA) is 46.3 Å². The molecule has 4 rings (SSSR count). The van der Waals surface area contributed by atoms with Gasteiger partial charge in [-0.3, -0.25) is 4.79 Å². The van der Waals surface area contributed by atoms with Crippen LogP contribution in [0.1, 0.15) is 24.3 Å². The summed E-state index contributed by atoms with van der Waals surface area (Å²) in [6.07, 6.45) is 3.85. The third-order valence-corrected chi connectivity index (χ3v) is 4.96. The Hall–Kier alpha value is -2.66. The number of para-hydroxylation sites is 1. The molecule has 0 N–H and O–H groups in total. The number of oxazole rings is 1. The van der Waals surface area contributed by atoms with Gasteiger partial charge in [-0.05, 0) is 48.7 Å². The van der Waals surface area contributed by atoms with E-state index in [2.05, 4.69) is 4.98 Å². The van der Waals surface area contributed by atoms with E-state index in [1.54, 1.807) is 29.3 Å². The highest BCUT2D eigenvalue weighted by atomic mass is 35.5. The number of anilines is 1. The van der Waals surface area contributed by atoms with E-state index in [4.69, 9.17) is 16.0 Å². The molecular formula is C21H18ClFN2O2. The number of benzene rings is 2. The molecule has 27 heavy (non-hydrogen) atoms. The lowest BCUT2D eigenvalue weighted by Crippen LogP contribution is -2.36. The quantitative estimate of drug-likeness (QED) is 0.632. The lowest BCUT2D eigenvalue weighted by atomic mass is 10.0. The summed E-state index contributed by atoms with van der Waals surface area (Å²) in [5, 5.41) is 0.651. The van der Waals surface area contributed by atoms with Crippen molar-refractivity contribution in [2.24, 2.45) is 0 Å². The van der Waals surface area contributed by atoms with Gasteiger partial charge in [0.2, 0.25) is 5.91 Å². The van der Waals surface area contributed by atoms with Crippen LogP contribution in [0.25, 0.3) is 11.3 Å². The van der Waals surface area contributed by atoms with Crippen LogP contribution in [-0.2, 0) is 17.6 Å². The molecule has 2 aromatic carbocycles. The summed E-state index contributed by atoms with van der Waals surface area (Å²) in [5.41, 5.74) is 2.18. The van der Waals surface area contributed by atoms with Gasteiger partial charge in [-0.25, -0.2) is 9.37 Å². The molecule has 1 amide bonds. The van der Waals surface area contributed by atoms with E-state index < -0.39 is 0 Å². The SMILES string of the molecule is O=C(CCc1ncc(-c2ccc(Cl)cc2)o1)N1CCCc2cccc(F)c21. The van der Waals surface area contributed by atoms with Crippen molar-refractivity contribution in [1.82, 2.24) is 4.98 Å². The van der Waals surface area contributed by atoms with Crippen molar-refractivity contribution in [3.63, 3.8) is 0 Å². The number of hydrogen-bond acceptors (Lipinski definition) is 3. The molecule has 1 aliphatic rings. The Balaban J connectivity index is 1.44. The minimum Gasteiger partial charge on any atom is -0.441 e. The first-order valence-corrected chi connectivity index (χ1v) is 9.28.